The number of hydrogen-bond donors (Lipinski definition) is 0. The minimum atomic E-state index is 0.923. The van der Waals surface area contributed by atoms with Crippen molar-refractivity contribution >= 4 is 15.9 Å². The molecule has 2 aliphatic carbocycles. The minimum Gasteiger partial charge on any atom is -0.297 e. The highest BCUT2D eigenvalue weighted by Gasteiger charge is 2.30. The predicted molar refractivity (Wildman–Crippen MR) is 65.0 cm³/mol. The largest absolute Gasteiger partial charge is 0.297 e. The van der Waals surface area contributed by atoms with Gasteiger partial charge >= 0.3 is 0 Å². The Morgan fingerprint density at radius 2 is 1.43 bits per heavy atom. The zero-order valence-electron chi connectivity index (χ0n) is 9.05. The van der Waals surface area contributed by atoms with Gasteiger partial charge in [0.1, 0.15) is 0 Å². The van der Waals surface area contributed by atoms with Crippen LogP contribution in [0.15, 0.2) is 0 Å². The predicted octanol–water partition coefficient (Wildman–Crippen LogP) is 3.57. The van der Waals surface area contributed by atoms with Crippen LogP contribution in [0.25, 0.3) is 0 Å². The number of alkyl halides is 1. The van der Waals surface area contributed by atoms with E-state index in [4.69, 9.17) is 0 Å². The van der Waals surface area contributed by atoms with E-state index in [0.29, 0.717) is 0 Å². The second-order valence-electron chi connectivity index (χ2n) is 4.80. The second-order valence-corrected chi connectivity index (χ2v) is 5.60. The Morgan fingerprint density at radius 3 is 1.86 bits per heavy atom. The Bertz CT molecular complexity index is 162. The average Bonchev–Trinajstić information content (AvgIpc) is 2.16. The first-order chi connectivity index (χ1) is 6.92. The molecule has 0 N–H and O–H groups in total. The van der Waals surface area contributed by atoms with Crippen molar-refractivity contribution in [3.63, 3.8) is 0 Å². The first kappa shape index (κ1) is 10.9. The molecule has 0 spiro atoms. The maximum atomic E-state index is 3.60. The van der Waals surface area contributed by atoms with Gasteiger partial charge in [0, 0.05) is 24.0 Å². The maximum Gasteiger partial charge on any atom is 0.0159 e. The highest BCUT2D eigenvalue weighted by Crippen LogP contribution is 2.31. The second kappa shape index (κ2) is 5.50. The van der Waals surface area contributed by atoms with E-state index < -0.39 is 0 Å². The first-order valence-electron chi connectivity index (χ1n) is 6.23. The summed E-state index contributed by atoms with van der Waals surface area (Å²) in [7, 11) is 0. The number of halogens is 1. The summed E-state index contributed by atoms with van der Waals surface area (Å²) in [5.41, 5.74) is 0. The molecule has 0 unspecified atom stereocenters. The molecule has 2 heteroatoms. The van der Waals surface area contributed by atoms with Crippen molar-refractivity contribution in [1.82, 2.24) is 4.90 Å². The van der Waals surface area contributed by atoms with Crippen molar-refractivity contribution in [3.8, 4) is 0 Å². The van der Waals surface area contributed by atoms with Crippen LogP contribution in [0.4, 0.5) is 0 Å². The van der Waals surface area contributed by atoms with E-state index in [1.807, 2.05) is 0 Å². The Hall–Kier alpha value is 0.440. The van der Waals surface area contributed by atoms with Crippen LogP contribution in [0.5, 0.6) is 0 Å². The van der Waals surface area contributed by atoms with Gasteiger partial charge in [-0.1, -0.05) is 41.6 Å². The third kappa shape index (κ3) is 2.52. The molecule has 0 radical (unpaired) electrons. The number of rotatable bonds is 4. The van der Waals surface area contributed by atoms with Crippen LogP contribution in [-0.4, -0.2) is 28.9 Å². The molecular weight excluding hydrogens is 238 g/mol. The molecule has 0 atom stereocenters. The maximum absolute atomic E-state index is 3.60. The van der Waals surface area contributed by atoms with Gasteiger partial charge in [-0.15, -0.1) is 0 Å². The average molecular weight is 260 g/mol. The van der Waals surface area contributed by atoms with Gasteiger partial charge < -0.3 is 0 Å². The zero-order valence-corrected chi connectivity index (χ0v) is 10.6. The van der Waals surface area contributed by atoms with Crippen molar-refractivity contribution in [2.24, 2.45) is 0 Å². The van der Waals surface area contributed by atoms with E-state index in [0.717, 1.165) is 17.4 Å². The number of hydrogen-bond acceptors (Lipinski definition) is 1. The fourth-order valence-corrected chi connectivity index (χ4v) is 3.30. The van der Waals surface area contributed by atoms with Gasteiger partial charge in [-0.2, -0.15) is 0 Å². The van der Waals surface area contributed by atoms with E-state index in [1.165, 1.54) is 57.9 Å². The minimum absolute atomic E-state index is 0.923. The topological polar surface area (TPSA) is 3.24 Å². The number of nitrogens with zero attached hydrogens (tertiary/aromatic N) is 1. The molecule has 2 fully saturated rings. The zero-order chi connectivity index (χ0) is 9.80. The van der Waals surface area contributed by atoms with Gasteiger partial charge in [-0.25, -0.2) is 0 Å². The highest BCUT2D eigenvalue weighted by atomic mass is 79.9. The van der Waals surface area contributed by atoms with Gasteiger partial charge in [0.2, 0.25) is 0 Å². The molecule has 2 saturated carbocycles. The van der Waals surface area contributed by atoms with Crippen LogP contribution in [0.1, 0.15) is 51.4 Å². The highest BCUT2D eigenvalue weighted by molar-refractivity contribution is 9.09. The van der Waals surface area contributed by atoms with Crippen molar-refractivity contribution in [2.75, 3.05) is 11.9 Å². The van der Waals surface area contributed by atoms with Crippen LogP contribution in [0, 0.1) is 0 Å². The molecule has 0 aromatic heterocycles. The van der Waals surface area contributed by atoms with E-state index in [9.17, 15) is 0 Å². The third-order valence-corrected chi connectivity index (χ3v) is 4.28. The summed E-state index contributed by atoms with van der Waals surface area (Å²) in [6.07, 6.45) is 11.7. The molecule has 0 bridgehead atoms. The standard InChI is InChI=1S/C12H22BrN/c13-9-10-14(12-7-4-8-12)11-5-2-1-3-6-11/h11-12H,1-10H2. The molecule has 1 nitrogen and oxygen atoms in total. The summed E-state index contributed by atoms with van der Waals surface area (Å²) in [6, 6.07) is 1.86. The summed E-state index contributed by atoms with van der Waals surface area (Å²) >= 11 is 3.60. The third-order valence-electron chi connectivity index (χ3n) is 3.93. The van der Waals surface area contributed by atoms with Crippen molar-refractivity contribution in [3.05, 3.63) is 0 Å². The molecule has 2 aliphatic rings. The monoisotopic (exact) mass is 259 g/mol. The van der Waals surface area contributed by atoms with Crippen molar-refractivity contribution < 1.29 is 0 Å². The Morgan fingerprint density at radius 1 is 0.857 bits per heavy atom. The normalized spacial score (nSPS) is 25.3. The van der Waals surface area contributed by atoms with E-state index in [2.05, 4.69) is 20.8 Å². The van der Waals surface area contributed by atoms with E-state index in [-0.39, 0.29) is 0 Å². The van der Waals surface area contributed by atoms with E-state index >= 15 is 0 Å². The quantitative estimate of drug-likeness (QED) is 0.698. The van der Waals surface area contributed by atoms with Crippen LogP contribution in [-0.2, 0) is 0 Å². The summed E-state index contributed by atoms with van der Waals surface area (Å²) in [5.74, 6) is 0. The molecule has 0 amide bonds. The van der Waals surface area contributed by atoms with Crippen molar-refractivity contribution in [1.29, 1.82) is 0 Å². The van der Waals surface area contributed by atoms with Gasteiger partial charge in [-0.05, 0) is 25.7 Å². The summed E-state index contributed by atoms with van der Waals surface area (Å²) in [4.78, 5) is 2.80. The van der Waals surface area contributed by atoms with Gasteiger partial charge in [0.25, 0.3) is 0 Å². The molecule has 0 aliphatic heterocycles. The van der Waals surface area contributed by atoms with Gasteiger partial charge in [-0.3, -0.25) is 4.90 Å². The first-order valence-corrected chi connectivity index (χ1v) is 7.35. The molecular formula is C12H22BrN. The summed E-state index contributed by atoms with van der Waals surface area (Å²) in [6.45, 7) is 1.27. The van der Waals surface area contributed by atoms with Crippen LogP contribution >= 0.6 is 15.9 Å². The van der Waals surface area contributed by atoms with Crippen molar-refractivity contribution in [2.45, 2.75) is 63.5 Å². The summed E-state index contributed by atoms with van der Waals surface area (Å²) in [5, 5.41) is 1.15. The molecule has 0 aromatic carbocycles. The molecule has 0 heterocycles. The molecule has 14 heavy (non-hydrogen) atoms. The van der Waals surface area contributed by atoms with Crippen LogP contribution < -0.4 is 0 Å². The van der Waals surface area contributed by atoms with E-state index in [1.54, 1.807) is 0 Å². The smallest absolute Gasteiger partial charge is 0.0159 e. The van der Waals surface area contributed by atoms with Crippen LogP contribution in [0.3, 0.4) is 0 Å². The molecule has 2 rings (SSSR count). The Labute approximate surface area is 96.4 Å². The summed E-state index contributed by atoms with van der Waals surface area (Å²) < 4.78 is 0. The fourth-order valence-electron chi connectivity index (χ4n) is 2.89. The SMILES string of the molecule is BrCCN(C1CCCCC1)C1CCC1. The van der Waals surface area contributed by atoms with Gasteiger partial charge in [0.15, 0.2) is 0 Å². The van der Waals surface area contributed by atoms with Crippen LogP contribution in [0.2, 0.25) is 0 Å². The molecule has 0 aromatic rings. The fraction of sp³-hybridized carbons (Fsp3) is 1.00. The lowest BCUT2D eigenvalue weighted by Crippen LogP contribution is -2.48. The Balaban J connectivity index is 1.86. The molecule has 0 saturated heterocycles. The Kier molecular flexibility index (Phi) is 4.30. The lowest BCUT2D eigenvalue weighted by atomic mass is 9.86. The lowest BCUT2D eigenvalue weighted by Gasteiger charge is -2.43. The van der Waals surface area contributed by atoms with Gasteiger partial charge in [0.05, 0.1) is 0 Å². The molecule has 82 valence electrons. The lowest BCUT2D eigenvalue weighted by molar-refractivity contribution is 0.0668.